The van der Waals surface area contributed by atoms with Crippen LogP contribution in [0.5, 0.6) is 0 Å². The Balaban J connectivity index is 1.84. The Hall–Kier alpha value is -1.62. The standard InChI is InChI=1S/C15H20N2O3/c18-13-5-1-3-10(13)12-4-2-8-17(12)15(20)11-9-16-7-6-14(11)19/h6-7,9-10,12-13,18H,1-5,8H2,(H,16,19). The maximum Gasteiger partial charge on any atom is 0.259 e. The lowest BCUT2D eigenvalue weighted by molar-refractivity contribution is 0.0526. The molecule has 1 aromatic rings. The topological polar surface area (TPSA) is 73.4 Å². The second-order valence-corrected chi connectivity index (χ2v) is 5.79. The lowest BCUT2D eigenvalue weighted by atomic mass is 9.94. The van der Waals surface area contributed by atoms with Crippen LogP contribution < -0.4 is 5.43 Å². The number of aromatic nitrogens is 1. The van der Waals surface area contributed by atoms with Gasteiger partial charge in [-0.15, -0.1) is 0 Å². The number of aromatic amines is 1. The number of carbonyl (C=O) groups is 1. The van der Waals surface area contributed by atoms with Crippen molar-refractivity contribution in [2.75, 3.05) is 6.54 Å². The number of carbonyl (C=O) groups excluding carboxylic acids is 1. The molecule has 1 saturated carbocycles. The van der Waals surface area contributed by atoms with Gasteiger partial charge >= 0.3 is 0 Å². The van der Waals surface area contributed by atoms with Crippen LogP contribution in [0.15, 0.2) is 23.3 Å². The van der Waals surface area contributed by atoms with Gasteiger partial charge in [-0.2, -0.15) is 0 Å². The molecule has 3 rings (SSSR count). The molecule has 0 spiro atoms. The number of nitrogens with one attached hydrogen (secondary N) is 1. The fourth-order valence-corrected chi connectivity index (χ4v) is 3.65. The molecule has 2 N–H and O–H groups in total. The van der Waals surface area contributed by atoms with Gasteiger partial charge in [-0.3, -0.25) is 9.59 Å². The van der Waals surface area contributed by atoms with Gasteiger partial charge in [0.15, 0.2) is 5.43 Å². The van der Waals surface area contributed by atoms with Crippen molar-refractivity contribution in [3.63, 3.8) is 0 Å². The van der Waals surface area contributed by atoms with Crippen molar-refractivity contribution >= 4 is 5.91 Å². The van der Waals surface area contributed by atoms with Crippen molar-refractivity contribution in [1.82, 2.24) is 9.88 Å². The molecule has 108 valence electrons. The van der Waals surface area contributed by atoms with E-state index >= 15 is 0 Å². The van der Waals surface area contributed by atoms with Crippen LogP contribution in [-0.4, -0.2) is 39.6 Å². The van der Waals surface area contributed by atoms with Crippen molar-refractivity contribution < 1.29 is 9.90 Å². The quantitative estimate of drug-likeness (QED) is 0.850. The summed E-state index contributed by atoms with van der Waals surface area (Å²) in [5.41, 5.74) is -0.0433. The minimum absolute atomic E-state index is 0.0830. The summed E-state index contributed by atoms with van der Waals surface area (Å²) in [6.45, 7) is 0.682. The van der Waals surface area contributed by atoms with E-state index in [0.29, 0.717) is 6.54 Å². The van der Waals surface area contributed by atoms with E-state index in [1.807, 2.05) is 0 Å². The first kappa shape index (κ1) is 13.4. The molecule has 1 aromatic heterocycles. The molecule has 3 unspecified atom stereocenters. The highest BCUT2D eigenvalue weighted by molar-refractivity contribution is 5.94. The summed E-state index contributed by atoms with van der Waals surface area (Å²) in [5.74, 6) is -0.0299. The van der Waals surface area contributed by atoms with Gasteiger partial charge in [-0.1, -0.05) is 6.42 Å². The average Bonchev–Trinajstić information content (AvgIpc) is 3.06. The van der Waals surface area contributed by atoms with Gasteiger partial charge in [0.25, 0.3) is 5.91 Å². The largest absolute Gasteiger partial charge is 0.393 e. The van der Waals surface area contributed by atoms with Gasteiger partial charge in [0.1, 0.15) is 5.56 Å². The number of likely N-dealkylation sites (tertiary alicyclic amines) is 1. The van der Waals surface area contributed by atoms with Crippen molar-refractivity contribution in [3.05, 3.63) is 34.2 Å². The van der Waals surface area contributed by atoms with Gasteiger partial charge in [-0.05, 0) is 25.7 Å². The summed E-state index contributed by atoms with van der Waals surface area (Å²) in [5, 5.41) is 10.1. The highest BCUT2D eigenvalue weighted by atomic mass is 16.3. The molecule has 0 bridgehead atoms. The van der Waals surface area contributed by atoms with Crippen LogP contribution in [0.1, 0.15) is 42.5 Å². The van der Waals surface area contributed by atoms with Crippen LogP contribution >= 0.6 is 0 Å². The van der Waals surface area contributed by atoms with E-state index in [1.54, 1.807) is 4.90 Å². The van der Waals surface area contributed by atoms with Crippen LogP contribution in [0, 0.1) is 5.92 Å². The maximum atomic E-state index is 12.6. The van der Waals surface area contributed by atoms with Crippen LogP contribution in [0.3, 0.4) is 0 Å². The number of hydrogen-bond acceptors (Lipinski definition) is 3. The molecule has 5 nitrogen and oxygen atoms in total. The molecular formula is C15H20N2O3. The first-order valence-electron chi connectivity index (χ1n) is 7.34. The second-order valence-electron chi connectivity index (χ2n) is 5.79. The zero-order valence-electron chi connectivity index (χ0n) is 11.4. The minimum Gasteiger partial charge on any atom is -0.393 e. The molecule has 0 radical (unpaired) electrons. The summed E-state index contributed by atoms with van der Waals surface area (Å²) < 4.78 is 0. The predicted octanol–water partition coefficient (Wildman–Crippen LogP) is 1.14. The van der Waals surface area contributed by atoms with E-state index in [4.69, 9.17) is 0 Å². The van der Waals surface area contributed by atoms with E-state index in [2.05, 4.69) is 4.98 Å². The van der Waals surface area contributed by atoms with E-state index in [1.165, 1.54) is 18.5 Å². The van der Waals surface area contributed by atoms with E-state index in [9.17, 15) is 14.7 Å². The third kappa shape index (κ3) is 2.26. The molecule has 3 atom stereocenters. The number of amides is 1. The number of H-pyrrole nitrogens is 1. The molecule has 1 aliphatic carbocycles. The number of nitrogens with zero attached hydrogens (tertiary/aromatic N) is 1. The molecule has 2 heterocycles. The molecule has 2 fully saturated rings. The third-order valence-corrected chi connectivity index (χ3v) is 4.64. The van der Waals surface area contributed by atoms with Crippen LogP contribution in [0.4, 0.5) is 0 Å². The molecule has 1 aliphatic heterocycles. The second kappa shape index (κ2) is 5.40. The first-order chi connectivity index (χ1) is 9.68. The van der Waals surface area contributed by atoms with Crippen LogP contribution in [0.2, 0.25) is 0 Å². The summed E-state index contributed by atoms with van der Waals surface area (Å²) >= 11 is 0. The molecule has 0 aromatic carbocycles. The highest BCUT2D eigenvalue weighted by Crippen LogP contribution is 2.36. The average molecular weight is 276 g/mol. The molecule has 20 heavy (non-hydrogen) atoms. The molecule has 1 amide bonds. The van der Waals surface area contributed by atoms with Gasteiger partial charge in [-0.25, -0.2) is 0 Å². The number of rotatable bonds is 2. The molecule has 1 saturated heterocycles. The summed E-state index contributed by atoms with van der Waals surface area (Å²) in [6, 6.07) is 1.46. The smallest absolute Gasteiger partial charge is 0.259 e. The van der Waals surface area contributed by atoms with E-state index in [-0.39, 0.29) is 35.0 Å². The van der Waals surface area contributed by atoms with Crippen LogP contribution in [-0.2, 0) is 0 Å². The monoisotopic (exact) mass is 276 g/mol. The maximum absolute atomic E-state index is 12.6. The van der Waals surface area contributed by atoms with Gasteiger partial charge < -0.3 is 15.0 Å². The van der Waals surface area contributed by atoms with Crippen molar-refractivity contribution in [2.24, 2.45) is 5.92 Å². The molecule has 5 heteroatoms. The molecule has 2 aliphatic rings. The zero-order chi connectivity index (χ0) is 14.1. The van der Waals surface area contributed by atoms with Gasteiger partial charge in [0, 0.05) is 37.0 Å². The Labute approximate surface area is 117 Å². The van der Waals surface area contributed by atoms with Gasteiger partial charge in [0.05, 0.1) is 6.10 Å². The SMILES string of the molecule is O=C(c1c[nH]ccc1=O)N1CCCC1C1CCCC1O. The molecular weight excluding hydrogens is 256 g/mol. The zero-order valence-corrected chi connectivity index (χ0v) is 11.4. The minimum atomic E-state index is -0.303. The number of pyridine rings is 1. The fourth-order valence-electron chi connectivity index (χ4n) is 3.65. The third-order valence-electron chi connectivity index (χ3n) is 4.64. The Bertz CT molecular complexity index is 554. The normalized spacial score (nSPS) is 29.9. The van der Waals surface area contributed by atoms with Crippen molar-refractivity contribution in [3.8, 4) is 0 Å². The van der Waals surface area contributed by atoms with E-state index < -0.39 is 0 Å². The summed E-state index contributed by atoms with van der Waals surface area (Å²) in [4.78, 5) is 29.0. The first-order valence-corrected chi connectivity index (χ1v) is 7.34. The lowest BCUT2D eigenvalue weighted by Gasteiger charge is -2.31. The highest BCUT2D eigenvalue weighted by Gasteiger charge is 2.40. The number of aliphatic hydroxyl groups is 1. The van der Waals surface area contributed by atoms with Crippen LogP contribution in [0.25, 0.3) is 0 Å². The fraction of sp³-hybridized carbons (Fsp3) is 0.600. The van der Waals surface area contributed by atoms with Crippen molar-refractivity contribution in [2.45, 2.75) is 44.2 Å². The predicted molar refractivity (Wildman–Crippen MR) is 74.5 cm³/mol. The Kier molecular flexibility index (Phi) is 3.61. The van der Waals surface area contributed by atoms with E-state index in [0.717, 1.165) is 32.1 Å². The Morgan fingerprint density at radius 2 is 2.15 bits per heavy atom. The summed E-state index contributed by atoms with van der Waals surface area (Å²) in [7, 11) is 0. The number of aliphatic hydroxyl groups excluding tert-OH is 1. The van der Waals surface area contributed by atoms with Gasteiger partial charge in [0.2, 0.25) is 0 Å². The lowest BCUT2D eigenvalue weighted by Crippen LogP contribution is -2.43. The van der Waals surface area contributed by atoms with Crippen molar-refractivity contribution in [1.29, 1.82) is 0 Å². The Morgan fingerprint density at radius 3 is 2.85 bits per heavy atom. The summed E-state index contributed by atoms with van der Waals surface area (Å²) in [6.07, 6.45) is 7.41. The Morgan fingerprint density at radius 1 is 1.30 bits per heavy atom. The number of hydrogen-bond donors (Lipinski definition) is 2.